The highest BCUT2D eigenvalue weighted by molar-refractivity contribution is 7.89. The molecule has 0 spiro atoms. The molecule has 11 nitrogen and oxygen atoms in total. The quantitative estimate of drug-likeness (QED) is 0.398. The molecule has 2 aromatic heterocycles. The fourth-order valence-corrected chi connectivity index (χ4v) is 5.75. The fourth-order valence-electron chi connectivity index (χ4n) is 4.43. The van der Waals surface area contributed by atoms with Crippen LogP contribution in [-0.2, 0) is 17.1 Å². The van der Waals surface area contributed by atoms with Gasteiger partial charge in [-0.15, -0.1) is 0 Å². The van der Waals surface area contributed by atoms with Crippen LogP contribution < -0.4 is 14.2 Å². The van der Waals surface area contributed by atoms with E-state index in [-0.39, 0.29) is 17.7 Å². The van der Waals surface area contributed by atoms with Gasteiger partial charge in [-0.2, -0.15) is 5.10 Å². The number of nitrogens with one attached hydrogen (secondary N) is 2. The molecule has 0 unspecified atom stereocenters. The fraction of sp³-hybridized carbons (Fsp3) is 0.348. The number of aliphatic imine (C=N–C) groups is 2. The predicted octanol–water partition coefficient (Wildman–Crippen LogP) is 2.30. The summed E-state index contributed by atoms with van der Waals surface area (Å²) in [7, 11) is -0.0750. The molecule has 2 N–H and O–H groups in total. The third-order valence-electron chi connectivity index (χ3n) is 6.19. The number of rotatable bonds is 6. The van der Waals surface area contributed by atoms with Gasteiger partial charge >= 0.3 is 0 Å². The van der Waals surface area contributed by atoms with Gasteiger partial charge in [0.2, 0.25) is 16.8 Å². The van der Waals surface area contributed by atoms with E-state index in [0.29, 0.717) is 43.2 Å². The van der Waals surface area contributed by atoms with Crippen LogP contribution in [0.1, 0.15) is 18.4 Å². The van der Waals surface area contributed by atoms with Crippen molar-refractivity contribution in [2.24, 2.45) is 17.0 Å². The molecule has 3 aromatic rings. The second kappa shape index (κ2) is 9.19. The number of nitrogens with zero attached hydrogens (tertiary/aromatic N) is 5. The average Bonchev–Trinajstić information content (AvgIpc) is 3.59. The zero-order valence-electron chi connectivity index (χ0n) is 19.6. The highest BCUT2D eigenvalue weighted by atomic mass is 32.2. The van der Waals surface area contributed by atoms with Gasteiger partial charge in [-0.3, -0.25) is 9.67 Å². The Labute approximate surface area is 203 Å². The van der Waals surface area contributed by atoms with Crippen molar-refractivity contribution in [2.75, 3.05) is 26.9 Å². The molecule has 1 aromatic carbocycles. The number of aryl methyl sites for hydroxylation is 1. The maximum Gasteiger partial charge on any atom is 0.240 e. The number of benzene rings is 1. The maximum atomic E-state index is 12.9. The van der Waals surface area contributed by atoms with Crippen molar-refractivity contribution in [1.82, 2.24) is 24.4 Å². The van der Waals surface area contributed by atoms with Crippen LogP contribution in [0.3, 0.4) is 0 Å². The molecule has 5 rings (SSSR count). The molecule has 1 saturated heterocycles. The summed E-state index contributed by atoms with van der Waals surface area (Å²) in [5, 5.41) is 4.23. The van der Waals surface area contributed by atoms with E-state index in [4.69, 9.17) is 9.47 Å². The SMILES string of the molecule is C=Nc1[nH]c(-c2cnn(C)c2)cc1/C(=N\C)N1CCC(NS(=O)(=O)c2ccc3c(c2)OCO3)CC1. The first-order valence-corrected chi connectivity index (χ1v) is 12.7. The third kappa shape index (κ3) is 4.54. The van der Waals surface area contributed by atoms with Crippen molar-refractivity contribution in [3.05, 3.63) is 42.2 Å². The number of piperidine rings is 1. The molecule has 4 heterocycles. The van der Waals surface area contributed by atoms with Crippen molar-refractivity contribution in [1.29, 1.82) is 0 Å². The highest BCUT2D eigenvalue weighted by Crippen LogP contribution is 2.34. The van der Waals surface area contributed by atoms with Crippen molar-refractivity contribution in [2.45, 2.75) is 23.8 Å². The summed E-state index contributed by atoms with van der Waals surface area (Å²) in [6.45, 7) is 5.08. The number of hydrogen-bond donors (Lipinski definition) is 2. The molecule has 0 amide bonds. The number of amidine groups is 1. The number of fused-ring (bicyclic) bond motifs is 1. The molecular weight excluding hydrogens is 470 g/mol. The molecule has 1 fully saturated rings. The smallest absolute Gasteiger partial charge is 0.240 e. The topological polar surface area (TPSA) is 126 Å². The van der Waals surface area contributed by atoms with E-state index in [2.05, 4.69) is 36.4 Å². The van der Waals surface area contributed by atoms with Gasteiger partial charge in [-0.25, -0.2) is 18.1 Å². The minimum Gasteiger partial charge on any atom is -0.454 e. The van der Waals surface area contributed by atoms with Gasteiger partial charge in [0.25, 0.3) is 0 Å². The normalized spacial score (nSPS) is 16.6. The number of likely N-dealkylation sites (tertiary alicyclic amines) is 1. The summed E-state index contributed by atoms with van der Waals surface area (Å²) in [6.07, 6.45) is 4.98. The Morgan fingerprint density at radius 3 is 2.69 bits per heavy atom. The monoisotopic (exact) mass is 497 g/mol. The summed E-state index contributed by atoms with van der Waals surface area (Å²) in [5.41, 5.74) is 2.67. The molecule has 184 valence electrons. The minimum atomic E-state index is -3.68. The van der Waals surface area contributed by atoms with Gasteiger partial charge < -0.3 is 19.4 Å². The van der Waals surface area contributed by atoms with Gasteiger partial charge in [0.1, 0.15) is 11.7 Å². The number of ether oxygens (including phenoxy) is 2. The number of hydrogen-bond acceptors (Lipinski definition) is 7. The standard InChI is InChI=1S/C23H27N7O4S/c1-24-22-18(11-19(27-22)15-12-26-29(3)13-15)23(25-2)30-8-6-16(7-9-30)28-35(31,32)17-4-5-20-21(10-17)34-14-33-20/h4-5,10-13,16,27-28H,1,6-9,14H2,2-3H3/b25-23+. The Balaban J connectivity index is 1.27. The third-order valence-corrected chi connectivity index (χ3v) is 7.71. The Kier molecular flexibility index (Phi) is 6.07. The van der Waals surface area contributed by atoms with E-state index in [1.54, 1.807) is 24.0 Å². The van der Waals surface area contributed by atoms with E-state index in [1.165, 1.54) is 12.1 Å². The molecule has 2 aliphatic heterocycles. The first kappa shape index (κ1) is 23.1. The van der Waals surface area contributed by atoms with Crippen LogP contribution in [0.4, 0.5) is 5.82 Å². The van der Waals surface area contributed by atoms with Crippen LogP contribution in [0.25, 0.3) is 11.3 Å². The minimum absolute atomic E-state index is 0.0972. The van der Waals surface area contributed by atoms with E-state index in [9.17, 15) is 8.42 Å². The molecule has 0 bridgehead atoms. The second-order valence-electron chi connectivity index (χ2n) is 8.45. The van der Waals surface area contributed by atoms with Crippen LogP contribution in [0, 0.1) is 0 Å². The average molecular weight is 498 g/mol. The second-order valence-corrected chi connectivity index (χ2v) is 10.2. The Bertz CT molecular complexity index is 1380. The van der Waals surface area contributed by atoms with E-state index in [1.807, 2.05) is 19.3 Å². The van der Waals surface area contributed by atoms with Crippen LogP contribution in [-0.4, -0.2) is 73.6 Å². The first-order valence-electron chi connectivity index (χ1n) is 11.2. The molecule has 0 radical (unpaired) electrons. The number of H-pyrrole nitrogens is 1. The molecule has 0 saturated carbocycles. The van der Waals surface area contributed by atoms with E-state index in [0.717, 1.165) is 22.7 Å². The largest absolute Gasteiger partial charge is 0.454 e. The maximum absolute atomic E-state index is 12.9. The highest BCUT2D eigenvalue weighted by Gasteiger charge is 2.29. The lowest BCUT2D eigenvalue weighted by Crippen LogP contribution is -2.46. The Hall–Kier alpha value is -3.64. The lowest BCUT2D eigenvalue weighted by Gasteiger charge is -2.34. The lowest BCUT2D eigenvalue weighted by atomic mass is 10.0. The Morgan fingerprint density at radius 1 is 1.23 bits per heavy atom. The lowest BCUT2D eigenvalue weighted by molar-refractivity contribution is 0.174. The van der Waals surface area contributed by atoms with E-state index < -0.39 is 10.0 Å². The van der Waals surface area contributed by atoms with Crippen molar-refractivity contribution >= 4 is 28.4 Å². The molecule has 12 heteroatoms. The number of sulfonamides is 1. The first-order chi connectivity index (χ1) is 16.9. The summed E-state index contributed by atoms with van der Waals surface area (Å²) in [5.74, 6) is 2.41. The Morgan fingerprint density at radius 2 is 2.00 bits per heavy atom. The van der Waals surface area contributed by atoms with Crippen LogP contribution in [0.5, 0.6) is 11.5 Å². The summed E-state index contributed by atoms with van der Waals surface area (Å²) in [6, 6.07) is 6.46. The van der Waals surface area contributed by atoms with Gasteiger partial charge in [0.15, 0.2) is 11.5 Å². The van der Waals surface area contributed by atoms with Gasteiger partial charge in [0.05, 0.1) is 22.3 Å². The zero-order valence-corrected chi connectivity index (χ0v) is 20.4. The number of aromatic amines is 1. The van der Waals surface area contributed by atoms with Crippen molar-refractivity contribution in [3.63, 3.8) is 0 Å². The van der Waals surface area contributed by atoms with Crippen LogP contribution in [0.15, 0.2) is 51.5 Å². The molecule has 0 atom stereocenters. The van der Waals surface area contributed by atoms with Crippen LogP contribution in [0.2, 0.25) is 0 Å². The van der Waals surface area contributed by atoms with Crippen LogP contribution >= 0.6 is 0 Å². The summed E-state index contributed by atoms with van der Waals surface area (Å²) < 4.78 is 41.0. The van der Waals surface area contributed by atoms with Crippen molar-refractivity contribution < 1.29 is 17.9 Å². The van der Waals surface area contributed by atoms with Gasteiger partial charge in [0, 0.05) is 51.1 Å². The van der Waals surface area contributed by atoms with E-state index >= 15 is 0 Å². The summed E-state index contributed by atoms with van der Waals surface area (Å²) in [4.78, 5) is 14.3. The molecule has 2 aliphatic rings. The van der Waals surface area contributed by atoms with Crippen molar-refractivity contribution in [3.8, 4) is 22.8 Å². The number of aromatic nitrogens is 3. The molecule has 35 heavy (non-hydrogen) atoms. The molecule has 0 aliphatic carbocycles. The predicted molar refractivity (Wildman–Crippen MR) is 132 cm³/mol. The molecular formula is C23H27N7O4S. The van der Waals surface area contributed by atoms with Gasteiger partial charge in [-0.05, 0) is 37.8 Å². The van der Waals surface area contributed by atoms with Gasteiger partial charge in [-0.1, -0.05) is 0 Å². The zero-order chi connectivity index (χ0) is 24.6. The summed E-state index contributed by atoms with van der Waals surface area (Å²) >= 11 is 0.